The van der Waals surface area contributed by atoms with Gasteiger partial charge >= 0.3 is 0 Å². The van der Waals surface area contributed by atoms with Crippen molar-refractivity contribution in [2.24, 2.45) is 5.41 Å². The zero-order chi connectivity index (χ0) is 15.1. The molecular weight excluding hydrogens is 344 g/mol. The molecule has 0 aliphatic carbocycles. The molecule has 0 aliphatic heterocycles. The molecule has 0 atom stereocenters. The molecule has 0 aliphatic rings. The first-order chi connectivity index (χ1) is 10.2. The average Bonchev–Trinajstić information content (AvgIpc) is 2.53. The Morgan fingerprint density at radius 1 is 1.10 bits per heavy atom. The summed E-state index contributed by atoms with van der Waals surface area (Å²) in [6.07, 6.45) is 6.68. The maximum Gasteiger partial charge on any atom is 0.117 e. The highest BCUT2D eigenvalue weighted by Crippen LogP contribution is 2.38. The number of thioether (sulfide) groups is 1. The van der Waals surface area contributed by atoms with E-state index in [4.69, 9.17) is 0 Å². The predicted molar refractivity (Wildman–Crippen MR) is 96.3 cm³/mol. The second-order valence-corrected chi connectivity index (χ2v) is 7.14. The van der Waals surface area contributed by atoms with Crippen molar-refractivity contribution < 1.29 is 0 Å². The molecule has 4 heteroatoms. The van der Waals surface area contributed by atoms with Crippen molar-refractivity contribution in [3.8, 4) is 0 Å². The smallest absolute Gasteiger partial charge is 0.117 e. The van der Waals surface area contributed by atoms with E-state index in [9.17, 15) is 0 Å². The lowest BCUT2D eigenvalue weighted by Crippen LogP contribution is -2.25. The fourth-order valence-corrected chi connectivity index (χ4v) is 5.12. The number of hydrogen-bond donors (Lipinski definition) is 0. The zero-order valence-electron chi connectivity index (χ0n) is 12.8. The van der Waals surface area contributed by atoms with Crippen LogP contribution in [0.4, 0.5) is 0 Å². The normalized spacial score (nSPS) is 12.0. The van der Waals surface area contributed by atoms with E-state index in [1.807, 2.05) is 17.8 Å². The van der Waals surface area contributed by atoms with E-state index in [1.165, 1.54) is 31.1 Å². The number of rotatable bonds is 8. The Bertz CT molecular complexity index is 562. The van der Waals surface area contributed by atoms with Crippen molar-refractivity contribution in [3.05, 3.63) is 30.6 Å². The molecule has 0 bridgehead atoms. The molecule has 0 saturated heterocycles. The van der Waals surface area contributed by atoms with Crippen LogP contribution in [0.1, 0.15) is 39.5 Å². The highest BCUT2D eigenvalue weighted by molar-refractivity contribution is 9.09. The summed E-state index contributed by atoms with van der Waals surface area (Å²) in [5.74, 6) is 1.11. The van der Waals surface area contributed by atoms with E-state index in [0.717, 1.165) is 21.6 Å². The second-order valence-electron chi connectivity index (χ2n) is 5.62. The van der Waals surface area contributed by atoms with Crippen LogP contribution in [0.15, 0.2) is 35.6 Å². The summed E-state index contributed by atoms with van der Waals surface area (Å²) in [5, 5.41) is 3.34. The quantitative estimate of drug-likeness (QED) is 0.340. The monoisotopic (exact) mass is 366 g/mol. The number of aromatic nitrogens is 2. The van der Waals surface area contributed by atoms with Crippen molar-refractivity contribution in [1.29, 1.82) is 0 Å². The molecule has 2 aromatic rings. The van der Waals surface area contributed by atoms with Crippen LogP contribution in [-0.2, 0) is 0 Å². The van der Waals surface area contributed by atoms with Gasteiger partial charge in [-0.1, -0.05) is 60.8 Å². The molecule has 0 saturated carbocycles. The van der Waals surface area contributed by atoms with E-state index in [1.54, 1.807) is 6.33 Å². The zero-order valence-corrected chi connectivity index (χ0v) is 15.2. The van der Waals surface area contributed by atoms with E-state index in [-0.39, 0.29) is 0 Å². The molecule has 21 heavy (non-hydrogen) atoms. The third kappa shape index (κ3) is 4.19. The lowest BCUT2D eigenvalue weighted by Gasteiger charge is -2.31. The molecule has 0 amide bonds. The summed E-state index contributed by atoms with van der Waals surface area (Å²) >= 11 is 5.63. The lowest BCUT2D eigenvalue weighted by molar-refractivity contribution is 0.320. The molecular formula is C17H23BrN2S. The highest BCUT2D eigenvalue weighted by Gasteiger charge is 2.27. The molecule has 1 heterocycles. The number of benzene rings is 1. The van der Waals surface area contributed by atoms with Crippen molar-refractivity contribution in [2.75, 3.05) is 11.1 Å². The molecule has 1 aromatic carbocycles. The minimum atomic E-state index is 0.375. The maximum absolute atomic E-state index is 4.50. The largest absolute Gasteiger partial charge is 0.236 e. The van der Waals surface area contributed by atoms with Gasteiger partial charge in [-0.3, -0.25) is 0 Å². The van der Waals surface area contributed by atoms with Gasteiger partial charge in [-0.25, -0.2) is 9.97 Å². The van der Waals surface area contributed by atoms with Gasteiger partial charge in [0.05, 0.1) is 5.52 Å². The second kappa shape index (κ2) is 8.14. The number of hydrogen-bond acceptors (Lipinski definition) is 3. The van der Waals surface area contributed by atoms with Crippen LogP contribution in [-0.4, -0.2) is 21.1 Å². The average molecular weight is 367 g/mol. The molecule has 0 unspecified atom stereocenters. The van der Waals surface area contributed by atoms with Crippen LogP contribution in [0.3, 0.4) is 0 Å². The van der Waals surface area contributed by atoms with Gasteiger partial charge in [0, 0.05) is 16.5 Å². The van der Waals surface area contributed by atoms with E-state index in [0.29, 0.717) is 5.41 Å². The molecule has 0 N–H and O–H groups in total. The first-order valence-corrected chi connectivity index (χ1v) is 9.74. The molecule has 1 aromatic heterocycles. The Kier molecular flexibility index (Phi) is 6.49. The first kappa shape index (κ1) is 16.8. The Labute approximate surface area is 140 Å². The fourth-order valence-electron chi connectivity index (χ4n) is 2.82. The third-order valence-corrected chi connectivity index (χ3v) is 6.41. The van der Waals surface area contributed by atoms with Gasteiger partial charge in [-0.15, -0.1) is 11.8 Å². The SMILES string of the molecule is CCCC(CBr)(CCC)CSc1ncnc2ccccc12. The lowest BCUT2D eigenvalue weighted by atomic mass is 9.83. The first-order valence-electron chi connectivity index (χ1n) is 7.63. The van der Waals surface area contributed by atoms with Crippen LogP contribution in [0, 0.1) is 5.41 Å². The Morgan fingerprint density at radius 2 is 1.81 bits per heavy atom. The maximum atomic E-state index is 4.50. The summed E-state index contributed by atoms with van der Waals surface area (Å²) in [4.78, 5) is 8.85. The Morgan fingerprint density at radius 3 is 2.48 bits per heavy atom. The van der Waals surface area contributed by atoms with E-state index >= 15 is 0 Å². The van der Waals surface area contributed by atoms with Crippen LogP contribution in [0.5, 0.6) is 0 Å². The number of nitrogens with zero attached hydrogens (tertiary/aromatic N) is 2. The van der Waals surface area contributed by atoms with Gasteiger partial charge in [0.1, 0.15) is 11.4 Å². The number of alkyl halides is 1. The van der Waals surface area contributed by atoms with Gasteiger partial charge in [0.15, 0.2) is 0 Å². The highest BCUT2D eigenvalue weighted by atomic mass is 79.9. The molecule has 114 valence electrons. The number of halogens is 1. The molecule has 0 radical (unpaired) electrons. The van der Waals surface area contributed by atoms with Crippen molar-refractivity contribution in [1.82, 2.24) is 9.97 Å². The number of fused-ring (bicyclic) bond motifs is 1. The Hall–Kier alpha value is -0.610. The van der Waals surface area contributed by atoms with Gasteiger partial charge in [0.25, 0.3) is 0 Å². The van der Waals surface area contributed by atoms with Crippen molar-refractivity contribution in [3.63, 3.8) is 0 Å². The van der Waals surface area contributed by atoms with E-state index in [2.05, 4.69) is 57.9 Å². The van der Waals surface area contributed by atoms with Crippen molar-refractivity contribution >= 4 is 38.6 Å². The van der Waals surface area contributed by atoms with Gasteiger partial charge < -0.3 is 0 Å². The molecule has 0 fully saturated rings. The van der Waals surface area contributed by atoms with Gasteiger partial charge in [-0.05, 0) is 24.3 Å². The van der Waals surface area contributed by atoms with Gasteiger partial charge in [0.2, 0.25) is 0 Å². The molecule has 0 spiro atoms. The Balaban J connectivity index is 2.19. The van der Waals surface area contributed by atoms with Crippen LogP contribution >= 0.6 is 27.7 Å². The van der Waals surface area contributed by atoms with Crippen LogP contribution in [0.25, 0.3) is 10.9 Å². The minimum Gasteiger partial charge on any atom is -0.236 e. The molecule has 2 nitrogen and oxygen atoms in total. The summed E-state index contributed by atoms with van der Waals surface area (Å²) in [6, 6.07) is 8.26. The summed E-state index contributed by atoms with van der Waals surface area (Å²) < 4.78 is 0. The van der Waals surface area contributed by atoms with Crippen LogP contribution in [0.2, 0.25) is 0 Å². The molecule has 2 rings (SSSR count). The fraction of sp³-hybridized carbons (Fsp3) is 0.529. The summed E-state index contributed by atoms with van der Waals surface area (Å²) in [7, 11) is 0. The standard InChI is InChI=1S/C17H23BrN2S/c1-3-9-17(11-18,10-4-2)12-21-16-14-7-5-6-8-15(14)19-13-20-16/h5-8,13H,3-4,9-12H2,1-2H3. The number of para-hydroxylation sites is 1. The topological polar surface area (TPSA) is 25.8 Å². The minimum absolute atomic E-state index is 0.375. The van der Waals surface area contributed by atoms with E-state index < -0.39 is 0 Å². The summed E-state index contributed by atoms with van der Waals surface area (Å²) in [5.41, 5.74) is 1.41. The summed E-state index contributed by atoms with van der Waals surface area (Å²) in [6.45, 7) is 4.55. The van der Waals surface area contributed by atoms with Crippen LogP contribution < -0.4 is 0 Å². The van der Waals surface area contributed by atoms with Gasteiger partial charge in [-0.2, -0.15) is 0 Å². The predicted octanol–water partition coefficient (Wildman–Crippen LogP) is 5.70. The third-order valence-electron chi connectivity index (χ3n) is 3.87. The van der Waals surface area contributed by atoms with Crippen molar-refractivity contribution in [2.45, 2.75) is 44.6 Å².